The standard InChI is InChI=1S/C13H23N3/c1-4-6-10-16(3)13-12(11-14-5-2)8-7-9-15-13/h7-9,14H,4-6,10-11H2,1-3H3. The summed E-state index contributed by atoms with van der Waals surface area (Å²) in [7, 11) is 2.12. The third kappa shape index (κ3) is 3.81. The Bertz CT molecular complexity index is 299. The van der Waals surface area contributed by atoms with Crippen LogP contribution in [-0.4, -0.2) is 25.1 Å². The number of pyridine rings is 1. The van der Waals surface area contributed by atoms with Gasteiger partial charge in [0.1, 0.15) is 5.82 Å². The molecular formula is C13H23N3. The van der Waals surface area contributed by atoms with E-state index in [2.05, 4.69) is 42.2 Å². The molecule has 1 aromatic rings. The molecule has 0 bridgehead atoms. The van der Waals surface area contributed by atoms with E-state index < -0.39 is 0 Å². The molecule has 0 aromatic carbocycles. The second-order valence-electron chi connectivity index (χ2n) is 4.04. The summed E-state index contributed by atoms with van der Waals surface area (Å²) in [6.07, 6.45) is 4.31. The van der Waals surface area contributed by atoms with Gasteiger partial charge in [0.25, 0.3) is 0 Å². The number of anilines is 1. The van der Waals surface area contributed by atoms with E-state index in [1.165, 1.54) is 18.4 Å². The van der Waals surface area contributed by atoms with Crippen LogP contribution in [0, 0.1) is 0 Å². The van der Waals surface area contributed by atoms with Gasteiger partial charge in [-0.15, -0.1) is 0 Å². The molecule has 0 aliphatic heterocycles. The van der Waals surface area contributed by atoms with Crippen molar-refractivity contribution in [3.05, 3.63) is 23.9 Å². The Morgan fingerprint density at radius 1 is 1.38 bits per heavy atom. The quantitative estimate of drug-likeness (QED) is 0.766. The van der Waals surface area contributed by atoms with Crippen LogP contribution in [0.3, 0.4) is 0 Å². The number of nitrogens with zero attached hydrogens (tertiary/aromatic N) is 2. The van der Waals surface area contributed by atoms with Gasteiger partial charge in [-0.3, -0.25) is 0 Å². The van der Waals surface area contributed by atoms with Crippen molar-refractivity contribution in [2.45, 2.75) is 33.2 Å². The lowest BCUT2D eigenvalue weighted by Crippen LogP contribution is -2.23. The smallest absolute Gasteiger partial charge is 0.132 e. The third-order valence-electron chi connectivity index (χ3n) is 2.64. The fourth-order valence-electron chi connectivity index (χ4n) is 1.67. The van der Waals surface area contributed by atoms with Crippen LogP contribution in [0.15, 0.2) is 18.3 Å². The largest absolute Gasteiger partial charge is 0.359 e. The van der Waals surface area contributed by atoms with E-state index >= 15 is 0 Å². The van der Waals surface area contributed by atoms with E-state index in [1.807, 2.05) is 12.3 Å². The molecule has 0 unspecified atom stereocenters. The summed E-state index contributed by atoms with van der Waals surface area (Å²) in [4.78, 5) is 6.72. The van der Waals surface area contributed by atoms with Crippen LogP contribution < -0.4 is 10.2 Å². The van der Waals surface area contributed by atoms with Gasteiger partial charge in [-0.1, -0.05) is 26.3 Å². The second kappa shape index (κ2) is 7.23. The predicted molar refractivity (Wildman–Crippen MR) is 69.8 cm³/mol. The molecule has 16 heavy (non-hydrogen) atoms. The highest BCUT2D eigenvalue weighted by molar-refractivity contribution is 5.45. The number of aromatic nitrogens is 1. The number of rotatable bonds is 7. The fourth-order valence-corrected chi connectivity index (χ4v) is 1.67. The molecule has 1 N–H and O–H groups in total. The molecule has 1 heterocycles. The normalized spacial score (nSPS) is 10.4. The molecule has 1 aromatic heterocycles. The van der Waals surface area contributed by atoms with Gasteiger partial charge < -0.3 is 10.2 Å². The van der Waals surface area contributed by atoms with Gasteiger partial charge in [0, 0.05) is 31.9 Å². The highest BCUT2D eigenvalue weighted by Gasteiger charge is 2.07. The number of hydrogen-bond acceptors (Lipinski definition) is 3. The third-order valence-corrected chi connectivity index (χ3v) is 2.64. The van der Waals surface area contributed by atoms with Crippen LogP contribution in [0.4, 0.5) is 5.82 Å². The van der Waals surface area contributed by atoms with Gasteiger partial charge in [0.05, 0.1) is 0 Å². The zero-order valence-electron chi connectivity index (χ0n) is 10.7. The Hall–Kier alpha value is -1.09. The highest BCUT2D eigenvalue weighted by atomic mass is 15.2. The Balaban J connectivity index is 2.68. The summed E-state index contributed by atoms with van der Waals surface area (Å²) in [5.41, 5.74) is 1.28. The first-order valence-electron chi connectivity index (χ1n) is 6.15. The van der Waals surface area contributed by atoms with Crippen LogP contribution in [0.2, 0.25) is 0 Å². The van der Waals surface area contributed by atoms with Crippen LogP contribution in [0.25, 0.3) is 0 Å². The van der Waals surface area contributed by atoms with E-state index in [4.69, 9.17) is 0 Å². The van der Waals surface area contributed by atoms with Gasteiger partial charge in [-0.05, 0) is 19.0 Å². The van der Waals surface area contributed by atoms with Gasteiger partial charge in [0.2, 0.25) is 0 Å². The van der Waals surface area contributed by atoms with Gasteiger partial charge in [0.15, 0.2) is 0 Å². The van der Waals surface area contributed by atoms with Gasteiger partial charge in [-0.2, -0.15) is 0 Å². The van der Waals surface area contributed by atoms with E-state index in [0.717, 1.165) is 25.5 Å². The molecular weight excluding hydrogens is 198 g/mol. The van der Waals surface area contributed by atoms with Crippen molar-refractivity contribution in [2.24, 2.45) is 0 Å². The molecule has 0 atom stereocenters. The summed E-state index contributed by atoms with van der Waals surface area (Å²) in [6, 6.07) is 4.15. The van der Waals surface area contributed by atoms with Gasteiger partial charge in [-0.25, -0.2) is 4.98 Å². The lowest BCUT2D eigenvalue weighted by atomic mass is 10.2. The van der Waals surface area contributed by atoms with Crippen molar-refractivity contribution in [3.63, 3.8) is 0 Å². The number of hydrogen-bond donors (Lipinski definition) is 1. The molecule has 0 radical (unpaired) electrons. The van der Waals surface area contributed by atoms with Gasteiger partial charge >= 0.3 is 0 Å². The first kappa shape index (κ1) is 13.0. The summed E-state index contributed by atoms with van der Waals surface area (Å²) in [5, 5.41) is 3.35. The summed E-state index contributed by atoms with van der Waals surface area (Å²) >= 11 is 0. The molecule has 0 spiro atoms. The van der Waals surface area contributed by atoms with Crippen molar-refractivity contribution in [2.75, 3.05) is 25.0 Å². The lowest BCUT2D eigenvalue weighted by Gasteiger charge is -2.20. The van der Waals surface area contributed by atoms with E-state index in [0.29, 0.717) is 0 Å². The Kier molecular flexibility index (Phi) is 5.86. The monoisotopic (exact) mass is 221 g/mol. The second-order valence-corrected chi connectivity index (χ2v) is 4.04. The van der Waals surface area contributed by atoms with Crippen LogP contribution in [-0.2, 0) is 6.54 Å². The van der Waals surface area contributed by atoms with E-state index in [9.17, 15) is 0 Å². The predicted octanol–water partition coefficient (Wildman–Crippen LogP) is 2.43. The van der Waals surface area contributed by atoms with Crippen molar-refractivity contribution < 1.29 is 0 Å². The Morgan fingerprint density at radius 3 is 2.88 bits per heavy atom. The molecule has 0 fully saturated rings. The average Bonchev–Trinajstić information content (AvgIpc) is 2.33. The minimum Gasteiger partial charge on any atom is -0.359 e. The van der Waals surface area contributed by atoms with Crippen molar-refractivity contribution in [3.8, 4) is 0 Å². The zero-order valence-corrected chi connectivity index (χ0v) is 10.7. The van der Waals surface area contributed by atoms with Crippen molar-refractivity contribution in [1.29, 1.82) is 0 Å². The Morgan fingerprint density at radius 2 is 2.19 bits per heavy atom. The average molecular weight is 221 g/mol. The summed E-state index contributed by atoms with van der Waals surface area (Å²) in [6.45, 7) is 7.30. The van der Waals surface area contributed by atoms with E-state index in [-0.39, 0.29) is 0 Å². The molecule has 3 nitrogen and oxygen atoms in total. The number of unbranched alkanes of at least 4 members (excludes halogenated alkanes) is 1. The topological polar surface area (TPSA) is 28.2 Å². The van der Waals surface area contributed by atoms with Crippen LogP contribution in [0.1, 0.15) is 32.3 Å². The SMILES string of the molecule is CCCCN(C)c1ncccc1CNCC. The first-order chi connectivity index (χ1) is 7.79. The van der Waals surface area contributed by atoms with Crippen LogP contribution in [0.5, 0.6) is 0 Å². The first-order valence-corrected chi connectivity index (χ1v) is 6.15. The molecule has 0 aliphatic carbocycles. The summed E-state index contributed by atoms with van der Waals surface area (Å²) < 4.78 is 0. The summed E-state index contributed by atoms with van der Waals surface area (Å²) in [5.74, 6) is 1.11. The molecule has 0 aliphatic rings. The molecule has 90 valence electrons. The zero-order chi connectivity index (χ0) is 11.8. The highest BCUT2D eigenvalue weighted by Crippen LogP contribution is 2.15. The van der Waals surface area contributed by atoms with Crippen LogP contribution >= 0.6 is 0 Å². The molecule has 3 heteroatoms. The maximum atomic E-state index is 4.47. The molecule has 1 rings (SSSR count). The molecule has 0 saturated carbocycles. The molecule has 0 amide bonds. The maximum Gasteiger partial charge on any atom is 0.132 e. The molecule has 0 saturated heterocycles. The number of nitrogens with one attached hydrogen (secondary N) is 1. The minimum absolute atomic E-state index is 0.899. The maximum absolute atomic E-state index is 4.47. The Labute approximate surface area is 98.9 Å². The minimum atomic E-state index is 0.899. The van der Waals surface area contributed by atoms with Crippen molar-refractivity contribution in [1.82, 2.24) is 10.3 Å². The lowest BCUT2D eigenvalue weighted by molar-refractivity contribution is 0.711. The van der Waals surface area contributed by atoms with Crippen molar-refractivity contribution >= 4 is 5.82 Å². The fraction of sp³-hybridized carbons (Fsp3) is 0.615. The van der Waals surface area contributed by atoms with E-state index in [1.54, 1.807) is 0 Å².